The van der Waals surface area contributed by atoms with E-state index in [1.807, 2.05) is 37.3 Å². The van der Waals surface area contributed by atoms with Gasteiger partial charge in [-0.15, -0.1) is 0 Å². The van der Waals surface area contributed by atoms with E-state index >= 15 is 0 Å². The molecule has 3 rings (SSSR count). The monoisotopic (exact) mass is 526 g/mol. The van der Waals surface area contributed by atoms with E-state index in [-0.39, 0.29) is 5.69 Å². The summed E-state index contributed by atoms with van der Waals surface area (Å²) in [5.74, 6) is 1.20. The first-order valence-corrected chi connectivity index (χ1v) is 10.4. The topological polar surface area (TPSA) is 85.4 Å². The van der Waals surface area contributed by atoms with E-state index in [0.717, 1.165) is 14.7 Å². The van der Waals surface area contributed by atoms with E-state index in [0.29, 0.717) is 29.2 Å². The molecule has 0 spiro atoms. The Bertz CT molecular complexity index is 1160. The number of nitro groups is 1. The lowest BCUT2D eigenvalue weighted by molar-refractivity contribution is -0.384. The minimum atomic E-state index is -0.470. The molecule has 3 aromatic carbocycles. The zero-order chi connectivity index (χ0) is 22.4. The lowest BCUT2D eigenvalue weighted by Crippen LogP contribution is -2.00. The Morgan fingerprint density at radius 2 is 1.84 bits per heavy atom. The SMILES string of the molecule is COc1cc(/C=C(/C#N)c2ccc([N+](=O)[O-])cc2)cc(I)c1OCc1ccc(C)cc1. The molecule has 7 heteroatoms. The number of methoxy groups -OCH3 is 1. The number of non-ortho nitro benzene ring substituents is 1. The maximum absolute atomic E-state index is 10.8. The van der Waals surface area contributed by atoms with Crippen LogP contribution in [-0.4, -0.2) is 12.0 Å². The van der Waals surface area contributed by atoms with Gasteiger partial charge in [0.1, 0.15) is 6.61 Å². The third-order valence-corrected chi connectivity index (χ3v) is 5.38. The van der Waals surface area contributed by atoms with E-state index in [9.17, 15) is 15.4 Å². The van der Waals surface area contributed by atoms with Crippen LogP contribution >= 0.6 is 22.6 Å². The fourth-order valence-electron chi connectivity index (χ4n) is 2.91. The second-order valence-corrected chi connectivity index (χ2v) is 7.94. The minimum absolute atomic E-state index is 0.0210. The predicted octanol–water partition coefficient (Wildman–Crippen LogP) is 6.16. The molecule has 156 valence electrons. The summed E-state index contributed by atoms with van der Waals surface area (Å²) in [6, 6.07) is 19.9. The van der Waals surface area contributed by atoms with Crippen LogP contribution in [0.4, 0.5) is 5.69 Å². The van der Waals surface area contributed by atoms with Crippen molar-refractivity contribution in [2.75, 3.05) is 7.11 Å². The van der Waals surface area contributed by atoms with Gasteiger partial charge in [-0.2, -0.15) is 5.26 Å². The van der Waals surface area contributed by atoms with Crippen molar-refractivity contribution in [3.05, 3.63) is 96.6 Å². The fraction of sp³-hybridized carbons (Fsp3) is 0.125. The third-order valence-electron chi connectivity index (χ3n) is 4.58. The highest BCUT2D eigenvalue weighted by Gasteiger charge is 2.13. The Balaban J connectivity index is 1.87. The molecule has 0 aliphatic carbocycles. The summed E-state index contributed by atoms with van der Waals surface area (Å²) in [5, 5.41) is 20.4. The van der Waals surface area contributed by atoms with Crippen LogP contribution in [-0.2, 0) is 6.61 Å². The molecule has 0 aliphatic rings. The number of hydrogen-bond donors (Lipinski definition) is 0. The average Bonchev–Trinajstić information content (AvgIpc) is 2.77. The van der Waals surface area contributed by atoms with Gasteiger partial charge < -0.3 is 9.47 Å². The van der Waals surface area contributed by atoms with Crippen molar-refractivity contribution in [1.29, 1.82) is 5.26 Å². The van der Waals surface area contributed by atoms with Crippen molar-refractivity contribution >= 4 is 39.9 Å². The number of halogens is 1. The molecule has 0 aromatic heterocycles. The van der Waals surface area contributed by atoms with Gasteiger partial charge in [-0.05, 0) is 76.5 Å². The molecule has 3 aromatic rings. The first-order valence-electron chi connectivity index (χ1n) is 9.33. The van der Waals surface area contributed by atoms with Gasteiger partial charge in [-0.25, -0.2) is 0 Å². The number of benzene rings is 3. The summed E-state index contributed by atoms with van der Waals surface area (Å²) < 4.78 is 12.4. The third kappa shape index (κ3) is 5.61. The van der Waals surface area contributed by atoms with Crippen molar-refractivity contribution in [3.8, 4) is 17.6 Å². The molecule has 31 heavy (non-hydrogen) atoms. The smallest absolute Gasteiger partial charge is 0.269 e. The molecule has 0 saturated carbocycles. The number of aryl methyl sites for hydroxylation is 1. The number of hydrogen-bond acceptors (Lipinski definition) is 5. The minimum Gasteiger partial charge on any atom is -0.493 e. The number of allylic oxidation sites excluding steroid dienone is 1. The Morgan fingerprint density at radius 3 is 2.42 bits per heavy atom. The van der Waals surface area contributed by atoms with Crippen molar-refractivity contribution in [3.63, 3.8) is 0 Å². The zero-order valence-electron chi connectivity index (χ0n) is 17.0. The molecule has 0 amide bonds. The van der Waals surface area contributed by atoms with Crippen molar-refractivity contribution in [2.45, 2.75) is 13.5 Å². The van der Waals surface area contributed by atoms with E-state index in [2.05, 4.69) is 28.7 Å². The van der Waals surface area contributed by atoms with E-state index in [4.69, 9.17) is 9.47 Å². The van der Waals surface area contributed by atoms with Crippen LogP contribution in [0.15, 0.2) is 60.7 Å². The van der Waals surface area contributed by atoms with Crippen LogP contribution in [0.5, 0.6) is 11.5 Å². The molecule has 0 fully saturated rings. The predicted molar refractivity (Wildman–Crippen MR) is 128 cm³/mol. The highest BCUT2D eigenvalue weighted by molar-refractivity contribution is 14.1. The quantitative estimate of drug-likeness (QED) is 0.121. The molecule has 0 N–H and O–H groups in total. The molecule has 0 heterocycles. The number of rotatable bonds is 7. The summed E-state index contributed by atoms with van der Waals surface area (Å²) in [4.78, 5) is 10.4. The molecule has 0 unspecified atom stereocenters. The maximum Gasteiger partial charge on any atom is 0.269 e. The number of nitriles is 1. The average molecular weight is 526 g/mol. The molecule has 0 aliphatic heterocycles. The van der Waals surface area contributed by atoms with Gasteiger partial charge in [0.25, 0.3) is 5.69 Å². The summed E-state index contributed by atoms with van der Waals surface area (Å²) in [6.45, 7) is 2.45. The van der Waals surface area contributed by atoms with Gasteiger partial charge in [0.2, 0.25) is 0 Å². The van der Waals surface area contributed by atoms with E-state index in [1.165, 1.54) is 17.7 Å². The maximum atomic E-state index is 10.8. The van der Waals surface area contributed by atoms with Gasteiger partial charge >= 0.3 is 0 Å². The second kappa shape index (κ2) is 10.1. The van der Waals surface area contributed by atoms with Gasteiger partial charge in [0.05, 0.1) is 27.2 Å². The van der Waals surface area contributed by atoms with Crippen LogP contribution in [0.25, 0.3) is 11.6 Å². The van der Waals surface area contributed by atoms with Gasteiger partial charge in [0, 0.05) is 12.1 Å². The van der Waals surface area contributed by atoms with Crippen molar-refractivity contribution in [1.82, 2.24) is 0 Å². The Kier molecular flexibility index (Phi) is 7.26. The highest BCUT2D eigenvalue weighted by Crippen LogP contribution is 2.35. The fourth-order valence-corrected chi connectivity index (χ4v) is 3.69. The Hall–Kier alpha value is -3.38. The molecular formula is C24H19IN2O4. The lowest BCUT2D eigenvalue weighted by atomic mass is 10.0. The summed E-state index contributed by atoms with van der Waals surface area (Å²) in [7, 11) is 1.57. The molecular weight excluding hydrogens is 507 g/mol. The molecule has 0 saturated heterocycles. The zero-order valence-corrected chi connectivity index (χ0v) is 19.1. The normalized spacial score (nSPS) is 11.0. The first-order chi connectivity index (χ1) is 14.9. The van der Waals surface area contributed by atoms with Gasteiger partial charge in [-0.1, -0.05) is 29.8 Å². The number of ether oxygens (including phenoxy) is 2. The summed E-state index contributed by atoms with van der Waals surface area (Å²) in [6.07, 6.45) is 1.72. The lowest BCUT2D eigenvalue weighted by Gasteiger charge is -2.14. The van der Waals surface area contributed by atoms with Crippen LogP contribution in [0.1, 0.15) is 22.3 Å². The first kappa shape index (κ1) is 22.3. The van der Waals surface area contributed by atoms with Gasteiger partial charge in [0.15, 0.2) is 11.5 Å². The molecule has 0 radical (unpaired) electrons. The molecule has 0 bridgehead atoms. The molecule has 0 atom stereocenters. The van der Waals surface area contributed by atoms with Crippen molar-refractivity contribution in [2.24, 2.45) is 0 Å². The van der Waals surface area contributed by atoms with E-state index in [1.54, 1.807) is 31.4 Å². The highest BCUT2D eigenvalue weighted by atomic mass is 127. The number of nitrogens with zero attached hydrogens (tertiary/aromatic N) is 2. The standard InChI is InChI=1S/C24H19IN2O4/c1-16-3-5-17(6-4-16)15-31-24-22(25)12-18(13-23(24)30-2)11-20(14-26)19-7-9-21(10-8-19)27(28)29/h3-13H,15H2,1-2H3/b20-11-. The van der Waals surface area contributed by atoms with Crippen LogP contribution in [0.3, 0.4) is 0 Å². The van der Waals surface area contributed by atoms with Crippen LogP contribution < -0.4 is 9.47 Å². The van der Waals surface area contributed by atoms with Crippen LogP contribution in [0, 0.1) is 31.9 Å². The summed E-state index contributed by atoms with van der Waals surface area (Å²) >= 11 is 2.18. The van der Waals surface area contributed by atoms with E-state index < -0.39 is 4.92 Å². The van der Waals surface area contributed by atoms with Crippen LogP contribution in [0.2, 0.25) is 0 Å². The Labute approximate surface area is 194 Å². The number of nitro benzene ring substituents is 1. The largest absolute Gasteiger partial charge is 0.493 e. The second-order valence-electron chi connectivity index (χ2n) is 6.78. The van der Waals surface area contributed by atoms with Gasteiger partial charge in [-0.3, -0.25) is 10.1 Å². The Morgan fingerprint density at radius 1 is 1.16 bits per heavy atom. The van der Waals surface area contributed by atoms with Crippen molar-refractivity contribution < 1.29 is 14.4 Å². The summed E-state index contributed by atoms with van der Waals surface area (Å²) in [5.41, 5.74) is 3.97. The molecule has 6 nitrogen and oxygen atoms in total.